The number of H-pyrrole nitrogens is 1. The molecule has 102 valence electrons. The fraction of sp³-hybridized carbons (Fsp3) is 0.600. The maximum atomic E-state index is 11.6. The van der Waals surface area contributed by atoms with Crippen LogP contribution in [0, 0.1) is 0 Å². The van der Waals surface area contributed by atoms with Crippen LogP contribution in [0.1, 0.15) is 6.23 Å². The largest absolute Gasteiger partial charge is 0.394 e. The van der Waals surface area contributed by atoms with Crippen LogP contribution >= 0.6 is 0 Å². The van der Waals surface area contributed by atoms with Crippen LogP contribution in [0.2, 0.25) is 0 Å². The molecule has 0 bridgehead atoms. The fourth-order valence-electron chi connectivity index (χ4n) is 1.55. The maximum Gasteiger partial charge on any atom is 0.330 e. The third-order valence-electron chi connectivity index (χ3n) is 2.52. The second-order valence-corrected chi connectivity index (χ2v) is 3.59. The first kappa shape index (κ1) is 14.6. The number of hydrogen-bond donors (Lipinski definition) is 3. The SMILES string of the molecule is CO[C@H]([C@H](O)[C@@H](CO)OC)n1ccc(=O)[nH]c1=O. The van der Waals surface area contributed by atoms with E-state index < -0.39 is 36.3 Å². The van der Waals surface area contributed by atoms with Crippen molar-refractivity contribution in [3.8, 4) is 0 Å². The summed E-state index contributed by atoms with van der Waals surface area (Å²) in [5.41, 5.74) is -1.27. The molecule has 1 aromatic heterocycles. The van der Waals surface area contributed by atoms with E-state index in [9.17, 15) is 14.7 Å². The van der Waals surface area contributed by atoms with Gasteiger partial charge in [-0.15, -0.1) is 0 Å². The quantitative estimate of drug-likeness (QED) is 0.548. The Morgan fingerprint density at radius 1 is 1.39 bits per heavy atom. The van der Waals surface area contributed by atoms with Crippen LogP contribution in [0.25, 0.3) is 0 Å². The smallest absolute Gasteiger partial charge is 0.330 e. The zero-order valence-corrected chi connectivity index (χ0v) is 10.1. The molecule has 1 heterocycles. The summed E-state index contributed by atoms with van der Waals surface area (Å²) >= 11 is 0. The first-order chi connectivity index (χ1) is 8.54. The molecule has 0 spiro atoms. The van der Waals surface area contributed by atoms with Crippen molar-refractivity contribution in [2.75, 3.05) is 20.8 Å². The normalized spacial score (nSPS) is 16.2. The summed E-state index contributed by atoms with van der Waals surface area (Å²) in [6, 6.07) is 1.13. The highest BCUT2D eigenvalue weighted by molar-refractivity contribution is 4.87. The van der Waals surface area contributed by atoms with Crippen LogP contribution < -0.4 is 11.2 Å². The predicted octanol–water partition coefficient (Wildman–Crippen LogP) is -1.95. The average molecular weight is 260 g/mol. The lowest BCUT2D eigenvalue weighted by Gasteiger charge is -2.27. The van der Waals surface area contributed by atoms with Gasteiger partial charge in [-0.1, -0.05) is 0 Å². The molecule has 0 saturated heterocycles. The second-order valence-electron chi connectivity index (χ2n) is 3.59. The summed E-state index contributed by atoms with van der Waals surface area (Å²) in [4.78, 5) is 24.5. The highest BCUT2D eigenvalue weighted by Gasteiger charge is 2.29. The average Bonchev–Trinajstić information content (AvgIpc) is 2.34. The van der Waals surface area contributed by atoms with E-state index in [1.807, 2.05) is 4.98 Å². The molecular weight excluding hydrogens is 244 g/mol. The molecule has 8 heteroatoms. The number of nitrogens with zero attached hydrogens (tertiary/aromatic N) is 1. The number of aromatic amines is 1. The first-order valence-electron chi connectivity index (χ1n) is 5.21. The summed E-state index contributed by atoms with van der Waals surface area (Å²) in [6.45, 7) is -0.435. The third kappa shape index (κ3) is 3.05. The van der Waals surface area contributed by atoms with Crippen LogP contribution in [-0.2, 0) is 9.47 Å². The van der Waals surface area contributed by atoms with E-state index in [0.29, 0.717) is 0 Å². The first-order valence-corrected chi connectivity index (χ1v) is 5.21. The predicted molar refractivity (Wildman–Crippen MR) is 61.3 cm³/mol. The summed E-state index contributed by atoms with van der Waals surface area (Å²) < 4.78 is 10.9. The van der Waals surface area contributed by atoms with Crippen molar-refractivity contribution in [1.82, 2.24) is 9.55 Å². The van der Waals surface area contributed by atoms with E-state index in [1.54, 1.807) is 0 Å². The lowest BCUT2D eigenvalue weighted by molar-refractivity contribution is -0.132. The second kappa shape index (κ2) is 6.45. The minimum Gasteiger partial charge on any atom is -0.394 e. The van der Waals surface area contributed by atoms with Crippen molar-refractivity contribution in [1.29, 1.82) is 0 Å². The van der Waals surface area contributed by atoms with E-state index in [-0.39, 0.29) is 0 Å². The topological polar surface area (TPSA) is 114 Å². The molecule has 1 rings (SSSR count). The number of ether oxygens (including phenoxy) is 2. The Balaban J connectivity index is 3.09. The molecule has 0 aromatic carbocycles. The molecule has 3 N–H and O–H groups in total. The van der Waals surface area contributed by atoms with Gasteiger partial charge in [0, 0.05) is 26.5 Å². The van der Waals surface area contributed by atoms with Gasteiger partial charge < -0.3 is 19.7 Å². The van der Waals surface area contributed by atoms with Crippen LogP contribution in [0.5, 0.6) is 0 Å². The van der Waals surface area contributed by atoms with Gasteiger partial charge in [0.1, 0.15) is 12.2 Å². The van der Waals surface area contributed by atoms with Gasteiger partial charge in [-0.3, -0.25) is 14.3 Å². The molecule has 3 atom stereocenters. The van der Waals surface area contributed by atoms with Gasteiger partial charge in [-0.05, 0) is 0 Å². The van der Waals surface area contributed by atoms with Gasteiger partial charge >= 0.3 is 5.69 Å². The molecule has 0 aliphatic rings. The molecular formula is C10H16N2O6. The Morgan fingerprint density at radius 3 is 2.50 bits per heavy atom. The summed E-state index contributed by atoms with van der Waals surface area (Å²) in [5, 5.41) is 19.0. The molecule has 0 fully saturated rings. The van der Waals surface area contributed by atoms with Crippen LogP contribution in [0.4, 0.5) is 0 Å². The van der Waals surface area contributed by atoms with E-state index >= 15 is 0 Å². The van der Waals surface area contributed by atoms with E-state index in [2.05, 4.69) is 0 Å². The van der Waals surface area contributed by atoms with Gasteiger partial charge in [0.05, 0.1) is 6.61 Å². The fourth-order valence-corrected chi connectivity index (χ4v) is 1.55. The minimum atomic E-state index is -1.27. The summed E-state index contributed by atoms with van der Waals surface area (Å²) in [5.74, 6) is 0. The zero-order valence-electron chi connectivity index (χ0n) is 10.1. The molecule has 0 aliphatic heterocycles. The van der Waals surface area contributed by atoms with Crippen molar-refractivity contribution < 1.29 is 19.7 Å². The number of aromatic nitrogens is 2. The summed E-state index contributed by atoms with van der Waals surface area (Å²) in [7, 11) is 2.60. The van der Waals surface area contributed by atoms with E-state index in [4.69, 9.17) is 14.6 Å². The van der Waals surface area contributed by atoms with Crippen LogP contribution in [0.15, 0.2) is 21.9 Å². The number of aliphatic hydroxyl groups is 2. The molecule has 18 heavy (non-hydrogen) atoms. The van der Waals surface area contributed by atoms with E-state index in [1.165, 1.54) is 20.4 Å². The third-order valence-corrected chi connectivity index (χ3v) is 2.52. The lowest BCUT2D eigenvalue weighted by atomic mass is 10.2. The van der Waals surface area contributed by atoms with Gasteiger partial charge in [0.15, 0.2) is 6.23 Å². The zero-order chi connectivity index (χ0) is 13.7. The van der Waals surface area contributed by atoms with Crippen molar-refractivity contribution in [2.24, 2.45) is 0 Å². The van der Waals surface area contributed by atoms with E-state index in [0.717, 1.165) is 10.6 Å². The molecule has 0 saturated carbocycles. The Morgan fingerprint density at radius 2 is 2.06 bits per heavy atom. The number of aliphatic hydroxyl groups excluding tert-OH is 2. The molecule has 1 aromatic rings. The maximum absolute atomic E-state index is 11.6. The van der Waals surface area contributed by atoms with Crippen molar-refractivity contribution >= 4 is 0 Å². The molecule has 8 nitrogen and oxygen atoms in total. The van der Waals surface area contributed by atoms with Crippen LogP contribution in [0.3, 0.4) is 0 Å². The molecule has 0 aliphatic carbocycles. The highest BCUT2D eigenvalue weighted by atomic mass is 16.5. The van der Waals surface area contributed by atoms with Crippen LogP contribution in [-0.4, -0.2) is 52.8 Å². The number of methoxy groups -OCH3 is 2. The molecule has 0 unspecified atom stereocenters. The highest BCUT2D eigenvalue weighted by Crippen LogP contribution is 2.14. The van der Waals surface area contributed by atoms with Gasteiger partial charge in [-0.2, -0.15) is 0 Å². The van der Waals surface area contributed by atoms with Crippen molar-refractivity contribution in [3.05, 3.63) is 33.1 Å². The Hall–Kier alpha value is -1.48. The number of nitrogens with one attached hydrogen (secondary N) is 1. The number of rotatable bonds is 6. The Bertz CT molecular complexity index is 478. The monoisotopic (exact) mass is 260 g/mol. The molecule has 0 amide bonds. The number of hydrogen-bond acceptors (Lipinski definition) is 6. The van der Waals surface area contributed by atoms with Crippen molar-refractivity contribution in [2.45, 2.75) is 18.4 Å². The standard InChI is InChI=1S/C10H16N2O6/c1-17-6(5-13)8(15)9(18-2)12-4-3-7(14)11-10(12)16/h3-4,6,8-9,13,15H,5H2,1-2H3,(H,11,14,16)/t6-,8-,9-/m1/s1. The Kier molecular flexibility index (Phi) is 5.23. The van der Waals surface area contributed by atoms with Gasteiger partial charge in [0.2, 0.25) is 0 Å². The van der Waals surface area contributed by atoms with Gasteiger partial charge in [0.25, 0.3) is 5.56 Å². The lowest BCUT2D eigenvalue weighted by Crippen LogP contribution is -2.44. The van der Waals surface area contributed by atoms with Gasteiger partial charge in [-0.25, -0.2) is 4.79 Å². The molecule has 0 radical (unpaired) electrons. The minimum absolute atomic E-state index is 0.435. The summed E-state index contributed by atoms with van der Waals surface area (Å²) in [6.07, 6.45) is -2.06. The van der Waals surface area contributed by atoms with Crippen molar-refractivity contribution in [3.63, 3.8) is 0 Å². The Labute approximate surface area is 102 Å².